The molecule has 0 rings (SSSR count). The Morgan fingerprint density at radius 3 is 1.38 bits per heavy atom. The van der Waals surface area contributed by atoms with Crippen LogP contribution < -0.4 is 0 Å². The Morgan fingerprint density at radius 1 is 0.846 bits per heavy atom. The molecule has 0 aliphatic heterocycles. The van der Waals surface area contributed by atoms with Gasteiger partial charge in [0.25, 0.3) is 0 Å². The molecular weight excluding hydrogens is 212 g/mol. The summed E-state index contributed by atoms with van der Waals surface area (Å²) in [6, 6.07) is 0. The highest BCUT2D eigenvalue weighted by atomic mass is 28.4. The molecule has 0 unspecified atom stereocenters. The van der Waals surface area contributed by atoms with Gasteiger partial charge in [-0.1, -0.05) is 26.2 Å². The van der Waals surface area contributed by atoms with E-state index in [4.69, 9.17) is 8.85 Å². The van der Waals surface area contributed by atoms with Crippen LogP contribution in [0.15, 0.2) is 0 Å². The van der Waals surface area contributed by atoms with Gasteiger partial charge in [-0.3, -0.25) is 0 Å². The molecule has 5 heteroatoms. The van der Waals surface area contributed by atoms with Crippen LogP contribution in [0.4, 0.5) is 0 Å². The zero-order chi connectivity index (χ0) is 10.5. The van der Waals surface area contributed by atoms with Gasteiger partial charge >= 0.3 is 8.56 Å². The zero-order valence-corrected chi connectivity index (χ0v) is 13.2. The largest absolute Gasteiger partial charge is 0.398 e. The minimum atomic E-state index is -1.76. The molecule has 80 valence electrons. The van der Waals surface area contributed by atoms with Crippen LogP contribution in [-0.2, 0) is 8.85 Å². The van der Waals surface area contributed by atoms with Crippen molar-refractivity contribution >= 4 is 26.2 Å². The molecule has 0 aromatic heterocycles. The molecule has 0 N–H and O–H groups in total. The van der Waals surface area contributed by atoms with Crippen molar-refractivity contribution < 1.29 is 8.85 Å². The van der Waals surface area contributed by atoms with Crippen molar-refractivity contribution in [2.75, 3.05) is 12.5 Å². The van der Waals surface area contributed by atoms with Gasteiger partial charge in [-0.15, -0.1) is 0 Å². The van der Waals surface area contributed by atoms with Crippen LogP contribution in [0.5, 0.6) is 0 Å². The van der Waals surface area contributed by atoms with Crippen molar-refractivity contribution in [2.24, 2.45) is 0 Å². The van der Waals surface area contributed by atoms with Crippen molar-refractivity contribution in [3.8, 4) is 0 Å². The van der Waals surface area contributed by atoms with Gasteiger partial charge < -0.3 is 8.85 Å². The molecule has 0 atom stereocenters. The maximum absolute atomic E-state index is 5.84. The summed E-state index contributed by atoms with van der Waals surface area (Å²) in [5.74, 6) is 0. The van der Waals surface area contributed by atoms with Gasteiger partial charge in [0.05, 0.1) is 17.6 Å². The predicted molar refractivity (Wildman–Crippen MR) is 67.1 cm³/mol. The van der Waals surface area contributed by atoms with Gasteiger partial charge in [-0.2, -0.15) is 0 Å². The first-order valence-electron chi connectivity index (χ1n) is 5.11. The normalized spacial score (nSPS) is 12.9. The topological polar surface area (TPSA) is 18.5 Å². The standard InChI is InChI=1S/C8H24O2Si3/c1-11(2)7-9-13(5,6)10-8-12(3)4/h11-12H,7-8H2,1-6H3. The average molecular weight is 237 g/mol. The van der Waals surface area contributed by atoms with E-state index >= 15 is 0 Å². The molecule has 13 heavy (non-hydrogen) atoms. The van der Waals surface area contributed by atoms with Crippen LogP contribution in [0.2, 0.25) is 39.3 Å². The van der Waals surface area contributed by atoms with Crippen LogP contribution in [-0.4, -0.2) is 38.6 Å². The van der Waals surface area contributed by atoms with E-state index in [1.807, 2.05) is 0 Å². The second-order valence-corrected chi connectivity index (χ2v) is 14.4. The average Bonchev–Trinajstić information content (AvgIpc) is 1.98. The maximum Gasteiger partial charge on any atom is 0.331 e. The SMILES string of the molecule is C[SiH](C)CO[Si](C)(C)OC[SiH](C)C. The summed E-state index contributed by atoms with van der Waals surface area (Å²) in [7, 11) is -2.91. The Kier molecular flexibility index (Phi) is 6.40. The van der Waals surface area contributed by atoms with Crippen LogP contribution in [0.3, 0.4) is 0 Å². The molecule has 2 nitrogen and oxygen atoms in total. The second kappa shape index (κ2) is 6.13. The van der Waals surface area contributed by atoms with Crippen molar-refractivity contribution in [1.82, 2.24) is 0 Å². The monoisotopic (exact) mass is 236 g/mol. The quantitative estimate of drug-likeness (QED) is 0.655. The number of hydrogen-bond acceptors (Lipinski definition) is 2. The second-order valence-electron chi connectivity index (χ2n) is 4.81. The van der Waals surface area contributed by atoms with E-state index in [0.717, 1.165) is 12.5 Å². The smallest absolute Gasteiger partial charge is 0.331 e. The highest BCUT2D eigenvalue weighted by Crippen LogP contribution is 2.07. The van der Waals surface area contributed by atoms with E-state index < -0.39 is 26.2 Å². The Balaban J connectivity index is 3.66. The third-order valence-corrected chi connectivity index (χ3v) is 5.59. The first-order chi connectivity index (χ1) is 5.83. The van der Waals surface area contributed by atoms with Gasteiger partial charge in [-0.05, 0) is 13.1 Å². The van der Waals surface area contributed by atoms with Gasteiger partial charge in [-0.25, -0.2) is 0 Å². The highest BCUT2D eigenvalue weighted by Gasteiger charge is 2.25. The lowest BCUT2D eigenvalue weighted by Gasteiger charge is -2.24. The summed E-state index contributed by atoms with van der Waals surface area (Å²) < 4.78 is 11.7. The highest BCUT2D eigenvalue weighted by molar-refractivity contribution is 6.67. The molecule has 0 saturated heterocycles. The van der Waals surface area contributed by atoms with Crippen molar-refractivity contribution in [1.29, 1.82) is 0 Å². The Labute approximate surface area is 87.1 Å². The van der Waals surface area contributed by atoms with Crippen LogP contribution in [0, 0.1) is 0 Å². The van der Waals surface area contributed by atoms with E-state index in [9.17, 15) is 0 Å². The molecule has 0 bridgehead atoms. The molecule has 0 aliphatic carbocycles. The van der Waals surface area contributed by atoms with Crippen molar-refractivity contribution in [3.05, 3.63) is 0 Å². The summed E-state index contributed by atoms with van der Waals surface area (Å²) >= 11 is 0. The van der Waals surface area contributed by atoms with Crippen LogP contribution in [0.25, 0.3) is 0 Å². The van der Waals surface area contributed by atoms with Crippen molar-refractivity contribution in [2.45, 2.75) is 39.3 Å². The zero-order valence-electron chi connectivity index (χ0n) is 9.89. The fourth-order valence-corrected chi connectivity index (χ4v) is 6.74. The van der Waals surface area contributed by atoms with E-state index in [1.54, 1.807) is 0 Å². The summed E-state index contributed by atoms with van der Waals surface area (Å²) in [6.45, 7) is 13.5. The summed E-state index contributed by atoms with van der Waals surface area (Å²) in [6.07, 6.45) is 1.94. The molecule has 0 spiro atoms. The molecule has 0 amide bonds. The molecule has 0 radical (unpaired) electrons. The Hall–Kier alpha value is 0.571. The molecule has 0 aromatic carbocycles. The minimum absolute atomic E-state index is 0.576. The number of rotatable bonds is 6. The predicted octanol–water partition coefficient (Wildman–Crippen LogP) is 1.77. The Morgan fingerprint density at radius 2 is 1.15 bits per heavy atom. The third-order valence-electron chi connectivity index (χ3n) is 1.53. The molecule has 0 saturated carbocycles. The first kappa shape index (κ1) is 13.6. The summed E-state index contributed by atoms with van der Waals surface area (Å²) in [5.41, 5.74) is 0. The summed E-state index contributed by atoms with van der Waals surface area (Å²) in [4.78, 5) is 0. The molecule has 0 aromatic rings. The van der Waals surface area contributed by atoms with E-state index in [2.05, 4.69) is 39.3 Å². The summed E-state index contributed by atoms with van der Waals surface area (Å²) in [5, 5.41) is 0. The third kappa shape index (κ3) is 8.89. The van der Waals surface area contributed by atoms with Gasteiger partial charge in [0.1, 0.15) is 0 Å². The minimum Gasteiger partial charge on any atom is -0.398 e. The van der Waals surface area contributed by atoms with E-state index in [-0.39, 0.29) is 0 Å². The fraction of sp³-hybridized carbons (Fsp3) is 1.00. The van der Waals surface area contributed by atoms with Crippen LogP contribution >= 0.6 is 0 Å². The molecule has 0 fully saturated rings. The van der Waals surface area contributed by atoms with Gasteiger partial charge in [0.2, 0.25) is 0 Å². The fourth-order valence-electron chi connectivity index (χ4n) is 0.776. The van der Waals surface area contributed by atoms with Gasteiger partial charge in [0, 0.05) is 12.5 Å². The van der Waals surface area contributed by atoms with E-state index in [0.29, 0.717) is 0 Å². The maximum atomic E-state index is 5.84. The van der Waals surface area contributed by atoms with Crippen molar-refractivity contribution in [3.63, 3.8) is 0 Å². The van der Waals surface area contributed by atoms with Crippen LogP contribution in [0.1, 0.15) is 0 Å². The lowest BCUT2D eigenvalue weighted by Crippen LogP contribution is -2.39. The molecule has 0 heterocycles. The van der Waals surface area contributed by atoms with E-state index in [1.165, 1.54) is 0 Å². The lowest BCUT2D eigenvalue weighted by atomic mass is 11.7. The number of hydrogen-bond donors (Lipinski definition) is 0. The Bertz CT molecular complexity index is 123. The van der Waals surface area contributed by atoms with Gasteiger partial charge in [0.15, 0.2) is 0 Å². The first-order valence-corrected chi connectivity index (χ1v) is 14.2. The molecular formula is C8H24O2Si3. The molecule has 0 aliphatic rings. The lowest BCUT2D eigenvalue weighted by molar-refractivity contribution is 0.229.